The van der Waals surface area contributed by atoms with E-state index >= 15 is 0 Å². The van der Waals surface area contributed by atoms with Crippen LogP contribution in [0.5, 0.6) is 17.2 Å². The molecule has 1 N–H and O–H groups in total. The standard InChI is InChI=1S/C18H20BrNO4/c1-22-15-10-16(23-2)12-17(11-15)24-8-7-20-18(21)9-13-3-5-14(19)6-4-13/h3-6,10-12H,7-9H2,1-2H3,(H,20,21). The number of hydrogen-bond donors (Lipinski definition) is 1. The summed E-state index contributed by atoms with van der Waals surface area (Å²) < 4.78 is 17.0. The topological polar surface area (TPSA) is 56.8 Å². The molecule has 0 aliphatic rings. The molecule has 1 amide bonds. The minimum Gasteiger partial charge on any atom is -0.496 e. The summed E-state index contributed by atoms with van der Waals surface area (Å²) in [5, 5.41) is 2.84. The van der Waals surface area contributed by atoms with Crippen LogP contribution in [0.4, 0.5) is 0 Å². The molecule has 0 radical (unpaired) electrons. The molecule has 2 aromatic carbocycles. The second-order valence-corrected chi connectivity index (χ2v) is 5.97. The quantitative estimate of drug-likeness (QED) is 0.699. The molecule has 0 saturated carbocycles. The van der Waals surface area contributed by atoms with Crippen LogP contribution in [-0.4, -0.2) is 33.3 Å². The number of halogens is 1. The Bertz CT molecular complexity index is 651. The summed E-state index contributed by atoms with van der Waals surface area (Å²) in [6.07, 6.45) is 0.347. The van der Waals surface area contributed by atoms with Crippen molar-refractivity contribution in [2.24, 2.45) is 0 Å². The highest BCUT2D eigenvalue weighted by molar-refractivity contribution is 9.10. The summed E-state index contributed by atoms with van der Waals surface area (Å²) in [6, 6.07) is 13.0. The van der Waals surface area contributed by atoms with Gasteiger partial charge in [-0.15, -0.1) is 0 Å². The lowest BCUT2D eigenvalue weighted by Gasteiger charge is -2.11. The van der Waals surface area contributed by atoms with Gasteiger partial charge in [0.15, 0.2) is 0 Å². The average Bonchev–Trinajstić information content (AvgIpc) is 2.60. The van der Waals surface area contributed by atoms with Gasteiger partial charge in [0.1, 0.15) is 23.9 Å². The first-order chi connectivity index (χ1) is 11.6. The lowest BCUT2D eigenvalue weighted by Crippen LogP contribution is -2.29. The van der Waals surface area contributed by atoms with E-state index in [2.05, 4.69) is 21.2 Å². The third-order valence-corrected chi connectivity index (χ3v) is 3.82. The first-order valence-corrected chi connectivity index (χ1v) is 8.27. The van der Waals surface area contributed by atoms with Crippen molar-refractivity contribution in [3.8, 4) is 17.2 Å². The third kappa shape index (κ3) is 5.77. The van der Waals surface area contributed by atoms with Gasteiger partial charge in [-0.05, 0) is 17.7 Å². The number of nitrogens with one attached hydrogen (secondary N) is 1. The first-order valence-electron chi connectivity index (χ1n) is 7.47. The van der Waals surface area contributed by atoms with E-state index in [0.29, 0.717) is 36.8 Å². The molecular formula is C18H20BrNO4. The molecule has 6 heteroatoms. The van der Waals surface area contributed by atoms with Gasteiger partial charge in [-0.2, -0.15) is 0 Å². The molecule has 0 saturated heterocycles. The van der Waals surface area contributed by atoms with Crippen molar-refractivity contribution >= 4 is 21.8 Å². The van der Waals surface area contributed by atoms with Gasteiger partial charge in [0.25, 0.3) is 0 Å². The minimum atomic E-state index is -0.0378. The number of rotatable bonds is 8. The van der Waals surface area contributed by atoms with Gasteiger partial charge >= 0.3 is 0 Å². The number of ether oxygens (including phenoxy) is 3. The number of amides is 1. The second kappa shape index (κ2) is 9.17. The molecule has 0 unspecified atom stereocenters. The highest BCUT2D eigenvalue weighted by Crippen LogP contribution is 2.27. The molecule has 0 aliphatic carbocycles. The molecule has 2 rings (SSSR count). The van der Waals surface area contributed by atoms with Crippen LogP contribution in [0.2, 0.25) is 0 Å². The number of carbonyl (C=O) groups is 1. The van der Waals surface area contributed by atoms with Crippen molar-refractivity contribution < 1.29 is 19.0 Å². The number of carbonyl (C=O) groups excluding carboxylic acids is 1. The van der Waals surface area contributed by atoms with E-state index in [-0.39, 0.29) is 5.91 Å². The maximum Gasteiger partial charge on any atom is 0.224 e. The van der Waals surface area contributed by atoms with Gasteiger partial charge in [-0.3, -0.25) is 4.79 Å². The Morgan fingerprint density at radius 3 is 2.17 bits per heavy atom. The molecule has 0 spiro atoms. The second-order valence-electron chi connectivity index (χ2n) is 5.05. The molecule has 0 heterocycles. The molecule has 0 bridgehead atoms. The van der Waals surface area contributed by atoms with E-state index in [4.69, 9.17) is 14.2 Å². The van der Waals surface area contributed by atoms with Gasteiger partial charge in [0, 0.05) is 22.7 Å². The van der Waals surface area contributed by atoms with Crippen LogP contribution in [0.1, 0.15) is 5.56 Å². The van der Waals surface area contributed by atoms with Crippen molar-refractivity contribution in [1.29, 1.82) is 0 Å². The Kier molecular flexibility index (Phi) is 6.93. The van der Waals surface area contributed by atoms with Crippen LogP contribution < -0.4 is 19.5 Å². The fourth-order valence-electron chi connectivity index (χ4n) is 2.07. The lowest BCUT2D eigenvalue weighted by atomic mass is 10.1. The maximum absolute atomic E-state index is 11.9. The van der Waals surface area contributed by atoms with Gasteiger partial charge < -0.3 is 19.5 Å². The summed E-state index contributed by atoms with van der Waals surface area (Å²) in [6.45, 7) is 0.789. The Morgan fingerprint density at radius 1 is 1.00 bits per heavy atom. The molecular weight excluding hydrogens is 374 g/mol. The summed E-state index contributed by atoms with van der Waals surface area (Å²) in [5.74, 6) is 1.91. The van der Waals surface area contributed by atoms with E-state index in [9.17, 15) is 4.79 Å². The molecule has 24 heavy (non-hydrogen) atoms. The number of benzene rings is 2. The van der Waals surface area contributed by atoms with Crippen molar-refractivity contribution in [3.05, 3.63) is 52.5 Å². The Balaban J connectivity index is 1.76. The minimum absolute atomic E-state index is 0.0378. The van der Waals surface area contributed by atoms with Crippen LogP contribution in [0.25, 0.3) is 0 Å². The normalized spacial score (nSPS) is 10.1. The van der Waals surface area contributed by atoms with E-state index in [1.165, 1.54) is 0 Å². The van der Waals surface area contributed by atoms with Crippen molar-refractivity contribution in [1.82, 2.24) is 5.32 Å². The number of hydrogen-bond acceptors (Lipinski definition) is 4. The van der Waals surface area contributed by atoms with Gasteiger partial charge in [0.05, 0.1) is 27.2 Å². The Labute approximate surface area is 150 Å². The van der Waals surface area contributed by atoms with E-state index in [1.54, 1.807) is 32.4 Å². The monoisotopic (exact) mass is 393 g/mol. The van der Waals surface area contributed by atoms with Crippen molar-refractivity contribution in [2.45, 2.75) is 6.42 Å². The average molecular weight is 394 g/mol. The van der Waals surface area contributed by atoms with Crippen molar-refractivity contribution in [3.63, 3.8) is 0 Å². The van der Waals surface area contributed by atoms with Gasteiger partial charge in [-0.1, -0.05) is 28.1 Å². The van der Waals surface area contributed by atoms with E-state index < -0.39 is 0 Å². The largest absolute Gasteiger partial charge is 0.496 e. The zero-order valence-corrected chi connectivity index (χ0v) is 15.3. The van der Waals surface area contributed by atoms with E-state index in [0.717, 1.165) is 10.0 Å². The van der Waals surface area contributed by atoms with Crippen LogP contribution in [0, 0.1) is 0 Å². The zero-order valence-electron chi connectivity index (χ0n) is 13.7. The van der Waals surface area contributed by atoms with Crippen molar-refractivity contribution in [2.75, 3.05) is 27.4 Å². The molecule has 128 valence electrons. The maximum atomic E-state index is 11.9. The smallest absolute Gasteiger partial charge is 0.224 e. The summed E-state index contributed by atoms with van der Waals surface area (Å²) in [7, 11) is 3.17. The van der Waals surface area contributed by atoms with Gasteiger partial charge in [0.2, 0.25) is 5.91 Å². The van der Waals surface area contributed by atoms with Crippen LogP contribution in [0.3, 0.4) is 0 Å². The van der Waals surface area contributed by atoms with Crippen LogP contribution >= 0.6 is 15.9 Å². The predicted octanol–water partition coefficient (Wildman–Crippen LogP) is 3.20. The molecule has 2 aromatic rings. The molecule has 5 nitrogen and oxygen atoms in total. The molecule has 0 atom stereocenters. The molecule has 0 fully saturated rings. The third-order valence-electron chi connectivity index (χ3n) is 3.30. The van der Waals surface area contributed by atoms with Gasteiger partial charge in [-0.25, -0.2) is 0 Å². The van der Waals surface area contributed by atoms with Crippen LogP contribution in [0.15, 0.2) is 46.9 Å². The van der Waals surface area contributed by atoms with Crippen LogP contribution in [-0.2, 0) is 11.2 Å². The summed E-state index contributed by atoms with van der Waals surface area (Å²) in [4.78, 5) is 11.9. The van der Waals surface area contributed by atoms with E-state index in [1.807, 2.05) is 24.3 Å². The molecule has 0 aromatic heterocycles. The fourth-order valence-corrected chi connectivity index (χ4v) is 2.34. The zero-order chi connectivity index (χ0) is 17.4. The highest BCUT2D eigenvalue weighted by atomic mass is 79.9. The number of methoxy groups -OCH3 is 2. The highest BCUT2D eigenvalue weighted by Gasteiger charge is 2.05. The summed E-state index contributed by atoms with van der Waals surface area (Å²) in [5.41, 5.74) is 0.967. The SMILES string of the molecule is COc1cc(OC)cc(OCCNC(=O)Cc2ccc(Br)cc2)c1. The Morgan fingerprint density at radius 2 is 1.58 bits per heavy atom. The fraction of sp³-hybridized carbons (Fsp3) is 0.278. The first kappa shape index (κ1) is 18.1. The Hall–Kier alpha value is -2.21. The summed E-state index contributed by atoms with van der Waals surface area (Å²) >= 11 is 3.37. The molecule has 0 aliphatic heterocycles. The lowest BCUT2D eigenvalue weighted by molar-refractivity contribution is -0.120. The predicted molar refractivity (Wildman–Crippen MR) is 95.9 cm³/mol.